The molecule has 3 heterocycles. The molecule has 0 bridgehead atoms. The fourth-order valence-electron chi connectivity index (χ4n) is 6.91. The van der Waals surface area contributed by atoms with Gasteiger partial charge >= 0.3 is 6.01 Å². The van der Waals surface area contributed by atoms with Gasteiger partial charge in [-0.2, -0.15) is 15.2 Å². The average molecular weight is 635 g/mol. The molecule has 2 unspecified atom stereocenters. The first kappa shape index (κ1) is 32.5. The van der Waals surface area contributed by atoms with Crippen molar-refractivity contribution in [2.24, 2.45) is 5.92 Å². The molecule has 5 rings (SSSR count). The number of para-hydroxylation sites is 1. The number of nitriles is 1. The van der Waals surface area contributed by atoms with Gasteiger partial charge in [-0.15, -0.1) is 0 Å². The van der Waals surface area contributed by atoms with Crippen LogP contribution in [0.15, 0.2) is 36.9 Å². The van der Waals surface area contributed by atoms with Gasteiger partial charge in [-0.25, -0.2) is 0 Å². The number of rotatable bonds is 9. The van der Waals surface area contributed by atoms with E-state index in [0.29, 0.717) is 50.7 Å². The SMILES string of the molecule is C=CC(=O)N1CCN(c2nc(OCC3(N(C)C)CCC(C(=O)N(C)C)C3)nc3c2CCN(c2ccccc2Cl)C3)C[C@@H]1CC#N. The molecule has 2 aromatic rings. The summed E-state index contributed by atoms with van der Waals surface area (Å²) in [6.07, 6.45) is 4.56. The predicted molar refractivity (Wildman–Crippen MR) is 174 cm³/mol. The van der Waals surface area contributed by atoms with Crippen LogP contribution in [0.25, 0.3) is 0 Å². The predicted octanol–water partition coefficient (Wildman–Crippen LogP) is 3.38. The number of piperazine rings is 1. The summed E-state index contributed by atoms with van der Waals surface area (Å²) < 4.78 is 6.47. The normalized spacial score (nSPS) is 23.0. The maximum absolute atomic E-state index is 12.8. The number of nitrogens with zero attached hydrogens (tertiary/aromatic N) is 8. The highest BCUT2D eigenvalue weighted by Crippen LogP contribution is 2.40. The van der Waals surface area contributed by atoms with E-state index in [9.17, 15) is 14.9 Å². The third-order valence-electron chi connectivity index (χ3n) is 9.58. The molecule has 2 aliphatic heterocycles. The van der Waals surface area contributed by atoms with Crippen molar-refractivity contribution in [3.63, 3.8) is 0 Å². The van der Waals surface area contributed by atoms with E-state index in [2.05, 4.69) is 27.3 Å². The van der Waals surface area contributed by atoms with Gasteiger partial charge < -0.3 is 29.2 Å². The molecule has 3 atom stereocenters. The summed E-state index contributed by atoms with van der Waals surface area (Å²) in [5.41, 5.74) is 2.54. The number of hydrogen-bond acceptors (Lipinski definition) is 9. The van der Waals surface area contributed by atoms with Gasteiger partial charge in [0.1, 0.15) is 12.4 Å². The van der Waals surface area contributed by atoms with E-state index >= 15 is 0 Å². The van der Waals surface area contributed by atoms with E-state index < -0.39 is 0 Å². The monoisotopic (exact) mass is 634 g/mol. The number of ether oxygens (including phenoxy) is 1. The second-order valence-electron chi connectivity index (χ2n) is 12.7. The van der Waals surface area contributed by atoms with Crippen LogP contribution in [-0.4, -0.2) is 109 Å². The first-order chi connectivity index (χ1) is 21.6. The number of hydrogen-bond donors (Lipinski definition) is 0. The van der Waals surface area contributed by atoms with E-state index in [-0.39, 0.29) is 41.7 Å². The molecule has 0 spiro atoms. The lowest BCUT2D eigenvalue weighted by molar-refractivity contribution is -0.133. The van der Waals surface area contributed by atoms with Gasteiger partial charge in [0.05, 0.1) is 47.0 Å². The lowest BCUT2D eigenvalue weighted by atomic mass is 9.95. The number of benzene rings is 1. The lowest BCUT2D eigenvalue weighted by Gasteiger charge is -2.42. The molecule has 1 aliphatic carbocycles. The van der Waals surface area contributed by atoms with Gasteiger partial charge in [0.2, 0.25) is 11.8 Å². The molecule has 0 radical (unpaired) electrons. The van der Waals surface area contributed by atoms with E-state index in [1.807, 2.05) is 38.4 Å². The third kappa shape index (κ3) is 6.72. The van der Waals surface area contributed by atoms with Crippen LogP contribution in [0.3, 0.4) is 0 Å². The third-order valence-corrected chi connectivity index (χ3v) is 9.90. The Morgan fingerprint density at radius 2 is 1.96 bits per heavy atom. The Morgan fingerprint density at radius 1 is 1.18 bits per heavy atom. The average Bonchev–Trinajstić information content (AvgIpc) is 3.48. The summed E-state index contributed by atoms with van der Waals surface area (Å²) >= 11 is 6.58. The highest BCUT2D eigenvalue weighted by Gasteiger charge is 2.45. The van der Waals surface area contributed by atoms with Crippen LogP contribution in [0, 0.1) is 17.2 Å². The summed E-state index contributed by atoms with van der Waals surface area (Å²) in [6.45, 7) is 6.78. The second-order valence-corrected chi connectivity index (χ2v) is 13.1. The summed E-state index contributed by atoms with van der Waals surface area (Å²) in [4.78, 5) is 45.3. The fourth-order valence-corrected chi connectivity index (χ4v) is 7.17. The molecule has 240 valence electrons. The smallest absolute Gasteiger partial charge is 0.318 e. The summed E-state index contributed by atoms with van der Waals surface area (Å²) in [6, 6.07) is 10.1. The highest BCUT2D eigenvalue weighted by atomic mass is 35.5. The first-order valence-electron chi connectivity index (χ1n) is 15.5. The van der Waals surface area contributed by atoms with Gasteiger partial charge in [0.15, 0.2) is 0 Å². The zero-order valence-corrected chi connectivity index (χ0v) is 27.5. The molecule has 45 heavy (non-hydrogen) atoms. The molecule has 0 N–H and O–H groups in total. The number of anilines is 2. The number of likely N-dealkylation sites (N-methyl/N-ethyl adjacent to an activating group) is 1. The Labute approximate surface area is 271 Å². The van der Waals surface area contributed by atoms with E-state index in [0.717, 1.165) is 42.1 Å². The minimum absolute atomic E-state index is 0.0539. The largest absolute Gasteiger partial charge is 0.461 e. The molecule has 1 saturated carbocycles. The van der Waals surface area contributed by atoms with Crippen LogP contribution in [0.2, 0.25) is 5.02 Å². The van der Waals surface area contributed by atoms with Gasteiger partial charge in [-0.05, 0) is 58.0 Å². The van der Waals surface area contributed by atoms with Crippen LogP contribution < -0.4 is 14.5 Å². The molecule has 3 aliphatic rings. The quantitative estimate of drug-likeness (QED) is 0.384. The number of fused-ring (bicyclic) bond motifs is 1. The molecular weight excluding hydrogens is 592 g/mol. The summed E-state index contributed by atoms with van der Waals surface area (Å²) in [5.74, 6) is 0.706. The van der Waals surface area contributed by atoms with Crippen molar-refractivity contribution in [3.8, 4) is 12.1 Å². The van der Waals surface area contributed by atoms with Crippen molar-refractivity contribution >= 4 is 34.9 Å². The molecule has 12 heteroatoms. The van der Waals surface area contributed by atoms with Crippen LogP contribution in [0.4, 0.5) is 11.5 Å². The fraction of sp³-hybridized carbons (Fsp3) is 0.545. The minimum Gasteiger partial charge on any atom is -0.461 e. The molecule has 11 nitrogen and oxygen atoms in total. The maximum Gasteiger partial charge on any atom is 0.318 e. The molecular formula is C33H43ClN8O3. The van der Waals surface area contributed by atoms with Crippen molar-refractivity contribution in [3.05, 3.63) is 53.2 Å². The Morgan fingerprint density at radius 3 is 2.64 bits per heavy atom. The Hall–Kier alpha value is -3.88. The van der Waals surface area contributed by atoms with Crippen molar-refractivity contribution in [1.82, 2.24) is 24.7 Å². The topological polar surface area (TPSA) is 109 Å². The minimum atomic E-state index is -0.325. The van der Waals surface area contributed by atoms with Crippen molar-refractivity contribution < 1.29 is 14.3 Å². The zero-order chi connectivity index (χ0) is 32.3. The molecule has 2 fully saturated rings. The number of amides is 2. The van der Waals surface area contributed by atoms with Gasteiger partial charge in [-0.3, -0.25) is 9.59 Å². The van der Waals surface area contributed by atoms with Crippen LogP contribution in [0.1, 0.15) is 36.9 Å². The summed E-state index contributed by atoms with van der Waals surface area (Å²) in [7, 11) is 7.67. The molecule has 2 amide bonds. The molecule has 1 aromatic carbocycles. The standard InChI is InChI=1S/C33H43ClN8O3/c1-6-29(43)42-18-17-41(20-24(42)12-15-35)30-25-13-16-40(28-10-8-7-9-26(28)34)21-27(25)36-32(37-30)45-22-33(39(4)5)14-11-23(19-33)31(44)38(2)3/h6-10,23-24H,1,11-14,16-22H2,2-5H3/t23?,24-,33?/m0/s1. The lowest BCUT2D eigenvalue weighted by Crippen LogP contribution is -2.55. The zero-order valence-electron chi connectivity index (χ0n) is 26.7. The van der Waals surface area contributed by atoms with E-state index in [4.69, 9.17) is 26.3 Å². The second kappa shape index (κ2) is 13.6. The van der Waals surface area contributed by atoms with E-state index in [1.165, 1.54) is 6.08 Å². The van der Waals surface area contributed by atoms with Crippen molar-refractivity contribution in [2.75, 3.05) is 70.8 Å². The molecule has 1 saturated heterocycles. The molecule has 1 aromatic heterocycles. The Balaban J connectivity index is 1.46. The van der Waals surface area contributed by atoms with Crippen molar-refractivity contribution in [1.29, 1.82) is 5.26 Å². The maximum atomic E-state index is 12.8. The number of halogens is 1. The van der Waals surface area contributed by atoms with E-state index in [1.54, 1.807) is 23.9 Å². The Kier molecular flexibility index (Phi) is 9.85. The Bertz CT molecular complexity index is 1480. The highest BCUT2D eigenvalue weighted by molar-refractivity contribution is 6.33. The number of aromatic nitrogens is 2. The van der Waals surface area contributed by atoms with Crippen LogP contribution in [0.5, 0.6) is 6.01 Å². The van der Waals surface area contributed by atoms with Crippen LogP contribution >= 0.6 is 11.6 Å². The van der Waals surface area contributed by atoms with Gasteiger partial charge in [-0.1, -0.05) is 30.3 Å². The first-order valence-corrected chi connectivity index (χ1v) is 15.9. The number of carbonyl (C=O) groups is 2. The van der Waals surface area contributed by atoms with Crippen LogP contribution in [-0.2, 0) is 22.6 Å². The van der Waals surface area contributed by atoms with Crippen molar-refractivity contribution in [2.45, 2.75) is 50.2 Å². The number of carbonyl (C=O) groups excluding carboxylic acids is 2. The summed E-state index contributed by atoms with van der Waals surface area (Å²) in [5, 5.41) is 10.2. The van der Waals surface area contributed by atoms with Gasteiger partial charge in [0.25, 0.3) is 0 Å². The van der Waals surface area contributed by atoms with Gasteiger partial charge in [0, 0.05) is 51.8 Å².